The number of aromatic nitrogens is 3. The summed E-state index contributed by atoms with van der Waals surface area (Å²) >= 11 is 0. The lowest BCUT2D eigenvalue weighted by atomic mass is 10.1. The molecule has 2 aromatic heterocycles. The van der Waals surface area contributed by atoms with Crippen molar-refractivity contribution in [2.45, 2.75) is 25.2 Å². The molecule has 2 aromatic carbocycles. The average Bonchev–Trinajstić information content (AvgIpc) is 3.14. The molecule has 0 saturated carbocycles. The maximum Gasteiger partial charge on any atom is 0.268 e. The van der Waals surface area contributed by atoms with Gasteiger partial charge in [-0.2, -0.15) is 0 Å². The average molecular weight is 470 g/mol. The van der Waals surface area contributed by atoms with Gasteiger partial charge in [-0.15, -0.1) is 0 Å². The second-order valence-corrected chi connectivity index (χ2v) is 8.91. The van der Waals surface area contributed by atoms with Crippen molar-refractivity contribution in [1.82, 2.24) is 15.1 Å². The molecule has 0 aliphatic heterocycles. The van der Waals surface area contributed by atoms with Crippen LogP contribution in [0.15, 0.2) is 51.9 Å². The standard InChI is InChI=1S/C22H23N5O5S/c1-13-20(14(2)32-26-13)33(29,30)27-22-21(23-17-6-4-5-7-18(17)24-22)25-19-12-16(31-3)9-8-15(19)10-11-28/h4-9,12,28H,10-11H2,1-3H3,(H,23,25)(H,24,27). The van der Waals surface area contributed by atoms with E-state index in [2.05, 4.69) is 25.2 Å². The maximum atomic E-state index is 13.2. The van der Waals surface area contributed by atoms with Crippen molar-refractivity contribution in [3.63, 3.8) is 0 Å². The Labute approximate surface area is 190 Å². The summed E-state index contributed by atoms with van der Waals surface area (Å²) in [5.41, 5.74) is 2.73. The Balaban J connectivity index is 1.83. The smallest absolute Gasteiger partial charge is 0.268 e. The quantitative estimate of drug-likeness (QED) is 0.354. The van der Waals surface area contributed by atoms with Crippen molar-refractivity contribution in [2.24, 2.45) is 0 Å². The molecule has 4 rings (SSSR count). The van der Waals surface area contributed by atoms with E-state index >= 15 is 0 Å². The highest BCUT2D eigenvalue weighted by molar-refractivity contribution is 7.92. The van der Waals surface area contributed by atoms with Crippen LogP contribution in [0.1, 0.15) is 17.0 Å². The molecule has 0 spiro atoms. The molecule has 0 bridgehead atoms. The van der Waals surface area contributed by atoms with Crippen LogP contribution in [-0.2, 0) is 16.4 Å². The van der Waals surface area contributed by atoms with Crippen molar-refractivity contribution in [3.8, 4) is 5.75 Å². The minimum absolute atomic E-state index is 0.00599. The van der Waals surface area contributed by atoms with Crippen molar-refractivity contribution in [2.75, 3.05) is 23.8 Å². The molecule has 3 N–H and O–H groups in total. The minimum Gasteiger partial charge on any atom is -0.497 e. The number of ether oxygens (including phenoxy) is 1. The zero-order chi connectivity index (χ0) is 23.6. The predicted molar refractivity (Wildman–Crippen MR) is 123 cm³/mol. The zero-order valence-corrected chi connectivity index (χ0v) is 19.1. The summed E-state index contributed by atoms with van der Waals surface area (Å²) in [7, 11) is -2.52. The summed E-state index contributed by atoms with van der Waals surface area (Å²) in [5, 5.41) is 16.3. The first-order chi connectivity index (χ1) is 15.8. The molecule has 0 atom stereocenters. The summed E-state index contributed by atoms with van der Waals surface area (Å²) in [6, 6.07) is 12.5. The van der Waals surface area contributed by atoms with E-state index in [0.717, 1.165) is 5.56 Å². The number of nitrogens with zero attached hydrogens (tertiary/aromatic N) is 3. The summed E-state index contributed by atoms with van der Waals surface area (Å²) in [5.74, 6) is 0.954. The fourth-order valence-corrected chi connectivity index (χ4v) is 4.80. The lowest BCUT2D eigenvalue weighted by Gasteiger charge is -2.16. The van der Waals surface area contributed by atoms with E-state index in [-0.39, 0.29) is 34.6 Å². The summed E-state index contributed by atoms with van der Waals surface area (Å²) in [4.78, 5) is 9.04. The predicted octanol–water partition coefficient (Wildman–Crippen LogP) is 3.32. The Morgan fingerprint density at radius 2 is 1.76 bits per heavy atom. The first-order valence-electron chi connectivity index (χ1n) is 10.1. The number of benzene rings is 2. The SMILES string of the molecule is COc1ccc(CCO)c(Nc2nc3ccccc3nc2NS(=O)(=O)c2c(C)noc2C)c1. The second kappa shape index (κ2) is 9.04. The van der Waals surface area contributed by atoms with Gasteiger partial charge in [0.15, 0.2) is 22.3 Å². The first-order valence-corrected chi connectivity index (χ1v) is 11.6. The third-order valence-electron chi connectivity index (χ3n) is 4.99. The molecule has 0 amide bonds. The Morgan fingerprint density at radius 1 is 1.06 bits per heavy atom. The molecule has 0 aliphatic carbocycles. The van der Waals surface area contributed by atoms with E-state index < -0.39 is 10.0 Å². The first kappa shape index (κ1) is 22.5. The molecule has 0 unspecified atom stereocenters. The number of aliphatic hydroxyl groups is 1. The zero-order valence-electron chi connectivity index (χ0n) is 18.3. The molecule has 10 nitrogen and oxygen atoms in total. The van der Waals surface area contributed by atoms with Crippen molar-refractivity contribution in [1.29, 1.82) is 0 Å². The summed E-state index contributed by atoms with van der Waals surface area (Å²) in [6.07, 6.45) is 0.382. The molecule has 0 radical (unpaired) electrons. The number of hydrogen-bond donors (Lipinski definition) is 3. The van der Waals surface area contributed by atoms with Gasteiger partial charge >= 0.3 is 0 Å². The van der Waals surface area contributed by atoms with Gasteiger partial charge in [-0.05, 0) is 44.0 Å². The highest BCUT2D eigenvalue weighted by Crippen LogP contribution is 2.31. The monoisotopic (exact) mass is 469 g/mol. The van der Waals surface area contributed by atoms with Crippen LogP contribution < -0.4 is 14.8 Å². The highest BCUT2D eigenvalue weighted by atomic mass is 32.2. The van der Waals surface area contributed by atoms with Crippen LogP contribution >= 0.6 is 0 Å². The van der Waals surface area contributed by atoms with Crippen LogP contribution in [0, 0.1) is 13.8 Å². The van der Waals surface area contributed by atoms with Gasteiger partial charge < -0.3 is 19.7 Å². The maximum absolute atomic E-state index is 13.2. The normalized spacial score (nSPS) is 11.5. The van der Waals surface area contributed by atoms with Crippen molar-refractivity contribution < 1.29 is 22.8 Å². The molecule has 11 heteroatoms. The van der Waals surface area contributed by atoms with Gasteiger partial charge in [0.25, 0.3) is 10.0 Å². The molecule has 0 saturated heterocycles. The largest absolute Gasteiger partial charge is 0.497 e. The lowest BCUT2D eigenvalue weighted by molar-refractivity contribution is 0.299. The van der Waals surface area contributed by atoms with E-state index in [1.807, 2.05) is 12.1 Å². The van der Waals surface area contributed by atoms with Crippen LogP contribution in [-0.4, -0.2) is 42.4 Å². The molecule has 0 aliphatic rings. The Bertz CT molecular complexity index is 1400. The molecule has 33 heavy (non-hydrogen) atoms. The highest BCUT2D eigenvalue weighted by Gasteiger charge is 2.26. The number of hydrogen-bond acceptors (Lipinski definition) is 9. The number of rotatable bonds is 8. The van der Waals surface area contributed by atoms with E-state index in [0.29, 0.717) is 28.9 Å². The Hall–Kier alpha value is -3.70. The van der Waals surface area contributed by atoms with Gasteiger partial charge in [0.05, 0.1) is 18.1 Å². The van der Waals surface area contributed by atoms with Gasteiger partial charge in [-0.25, -0.2) is 18.4 Å². The Kier molecular flexibility index (Phi) is 6.16. The minimum atomic E-state index is -4.06. The van der Waals surface area contributed by atoms with Crippen LogP contribution in [0.2, 0.25) is 0 Å². The summed E-state index contributed by atoms with van der Waals surface area (Å²) < 4.78 is 39.2. The third-order valence-corrected chi connectivity index (χ3v) is 6.57. The summed E-state index contributed by atoms with van der Waals surface area (Å²) in [6.45, 7) is 3.01. The molecule has 2 heterocycles. The molecular formula is C22H23N5O5S. The molecule has 172 valence electrons. The van der Waals surface area contributed by atoms with E-state index in [9.17, 15) is 13.5 Å². The van der Waals surface area contributed by atoms with Crippen LogP contribution in [0.5, 0.6) is 5.75 Å². The van der Waals surface area contributed by atoms with Crippen LogP contribution in [0.3, 0.4) is 0 Å². The number of methoxy groups -OCH3 is 1. The Morgan fingerprint density at radius 3 is 2.36 bits per heavy atom. The molecule has 0 fully saturated rings. The van der Waals surface area contributed by atoms with Crippen molar-refractivity contribution >= 4 is 38.4 Å². The van der Waals surface area contributed by atoms with Gasteiger partial charge in [-0.1, -0.05) is 23.4 Å². The fourth-order valence-electron chi connectivity index (χ4n) is 3.46. The van der Waals surface area contributed by atoms with Gasteiger partial charge in [0.1, 0.15) is 11.4 Å². The lowest BCUT2D eigenvalue weighted by Crippen LogP contribution is -2.17. The number of nitrogens with one attached hydrogen (secondary N) is 2. The van der Waals surface area contributed by atoms with Crippen LogP contribution in [0.4, 0.5) is 17.3 Å². The fraction of sp³-hybridized carbons (Fsp3) is 0.227. The number of sulfonamides is 1. The van der Waals surface area contributed by atoms with Gasteiger partial charge in [0, 0.05) is 18.4 Å². The molecular weight excluding hydrogens is 446 g/mol. The topological polar surface area (TPSA) is 139 Å². The number of fused-ring (bicyclic) bond motifs is 1. The van der Waals surface area contributed by atoms with Gasteiger partial charge in [-0.3, -0.25) is 4.72 Å². The number of anilines is 3. The number of para-hydroxylation sites is 2. The van der Waals surface area contributed by atoms with E-state index in [1.54, 1.807) is 44.4 Å². The third kappa shape index (κ3) is 4.59. The van der Waals surface area contributed by atoms with Crippen LogP contribution in [0.25, 0.3) is 11.0 Å². The van der Waals surface area contributed by atoms with Gasteiger partial charge in [0.2, 0.25) is 0 Å². The van der Waals surface area contributed by atoms with E-state index in [1.165, 1.54) is 6.92 Å². The molecule has 4 aromatic rings. The number of aliphatic hydroxyl groups excluding tert-OH is 1. The van der Waals surface area contributed by atoms with Crippen molar-refractivity contribution in [3.05, 3.63) is 59.5 Å². The second-order valence-electron chi connectivity index (χ2n) is 7.29. The van der Waals surface area contributed by atoms with E-state index in [4.69, 9.17) is 9.26 Å². The number of aryl methyl sites for hydroxylation is 2.